The highest BCUT2D eigenvalue weighted by Gasteiger charge is 2.17. The van der Waals surface area contributed by atoms with Crippen molar-refractivity contribution in [3.05, 3.63) is 0 Å². The standard InChI is InChI=1S/C12H25N3O/c1-9(2)15-12(16)10(3)14-8-11-5-4-6-13-7-11/h9-11,13-14H,4-8H2,1-3H3,(H,15,16). The third kappa shape index (κ3) is 4.94. The Morgan fingerprint density at radius 2 is 2.19 bits per heavy atom. The van der Waals surface area contributed by atoms with Gasteiger partial charge in [-0.1, -0.05) is 0 Å². The van der Waals surface area contributed by atoms with Crippen molar-refractivity contribution in [1.29, 1.82) is 0 Å². The molecule has 1 saturated heterocycles. The summed E-state index contributed by atoms with van der Waals surface area (Å²) < 4.78 is 0. The van der Waals surface area contributed by atoms with Crippen LogP contribution in [-0.4, -0.2) is 37.6 Å². The second-order valence-electron chi connectivity index (χ2n) is 5.01. The van der Waals surface area contributed by atoms with Crippen LogP contribution in [0.5, 0.6) is 0 Å². The average molecular weight is 227 g/mol. The van der Waals surface area contributed by atoms with Crippen LogP contribution in [0.25, 0.3) is 0 Å². The van der Waals surface area contributed by atoms with Gasteiger partial charge in [-0.15, -0.1) is 0 Å². The van der Waals surface area contributed by atoms with Crippen LogP contribution in [0.3, 0.4) is 0 Å². The Morgan fingerprint density at radius 1 is 1.44 bits per heavy atom. The highest BCUT2D eigenvalue weighted by Crippen LogP contribution is 2.08. The first-order valence-corrected chi connectivity index (χ1v) is 6.34. The van der Waals surface area contributed by atoms with Crippen molar-refractivity contribution in [2.24, 2.45) is 5.92 Å². The molecule has 1 fully saturated rings. The third-order valence-corrected chi connectivity index (χ3v) is 2.94. The summed E-state index contributed by atoms with van der Waals surface area (Å²) in [6, 6.07) is 0.123. The fourth-order valence-corrected chi connectivity index (χ4v) is 1.94. The molecular formula is C12H25N3O. The van der Waals surface area contributed by atoms with Gasteiger partial charge < -0.3 is 16.0 Å². The zero-order chi connectivity index (χ0) is 12.0. The average Bonchev–Trinajstić information content (AvgIpc) is 2.26. The first-order chi connectivity index (χ1) is 7.59. The lowest BCUT2D eigenvalue weighted by Crippen LogP contribution is -2.47. The van der Waals surface area contributed by atoms with Gasteiger partial charge in [0.2, 0.25) is 5.91 Å². The number of nitrogens with one attached hydrogen (secondary N) is 3. The number of hydrogen-bond donors (Lipinski definition) is 3. The molecule has 0 saturated carbocycles. The SMILES string of the molecule is CC(C)NC(=O)C(C)NCC1CCCNC1. The number of carbonyl (C=O) groups excluding carboxylic acids is 1. The third-order valence-electron chi connectivity index (χ3n) is 2.94. The minimum atomic E-state index is -0.0932. The maximum Gasteiger partial charge on any atom is 0.237 e. The molecule has 2 unspecified atom stereocenters. The highest BCUT2D eigenvalue weighted by atomic mass is 16.2. The van der Waals surface area contributed by atoms with Gasteiger partial charge in [0, 0.05) is 6.04 Å². The molecule has 1 aliphatic rings. The molecule has 94 valence electrons. The Hall–Kier alpha value is -0.610. The van der Waals surface area contributed by atoms with Gasteiger partial charge in [-0.05, 0) is 59.2 Å². The Morgan fingerprint density at radius 3 is 2.75 bits per heavy atom. The summed E-state index contributed by atoms with van der Waals surface area (Å²) in [6.45, 7) is 9.03. The zero-order valence-corrected chi connectivity index (χ0v) is 10.7. The van der Waals surface area contributed by atoms with Crippen LogP contribution in [0.1, 0.15) is 33.6 Å². The molecule has 0 aromatic heterocycles. The number of piperidine rings is 1. The molecule has 4 nitrogen and oxygen atoms in total. The zero-order valence-electron chi connectivity index (χ0n) is 10.7. The molecule has 0 radical (unpaired) electrons. The molecule has 0 aromatic carbocycles. The molecule has 1 amide bonds. The number of amides is 1. The molecule has 0 aliphatic carbocycles. The number of rotatable bonds is 5. The minimum absolute atomic E-state index is 0.0932. The molecular weight excluding hydrogens is 202 g/mol. The molecule has 1 rings (SSSR count). The topological polar surface area (TPSA) is 53.2 Å². The van der Waals surface area contributed by atoms with Gasteiger partial charge in [0.1, 0.15) is 0 Å². The monoisotopic (exact) mass is 227 g/mol. The van der Waals surface area contributed by atoms with Crippen molar-refractivity contribution in [2.45, 2.75) is 45.7 Å². The normalized spacial score (nSPS) is 23.1. The van der Waals surface area contributed by atoms with Gasteiger partial charge in [-0.25, -0.2) is 0 Å². The van der Waals surface area contributed by atoms with Crippen molar-refractivity contribution in [3.8, 4) is 0 Å². The summed E-state index contributed by atoms with van der Waals surface area (Å²) in [7, 11) is 0. The maximum absolute atomic E-state index is 11.6. The van der Waals surface area contributed by atoms with Crippen molar-refractivity contribution in [1.82, 2.24) is 16.0 Å². The summed E-state index contributed by atoms with van der Waals surface area (Å²) in [5, 5.41) is 9.60. The largest absolute Gasteiger partial charge is 0.353 e. The van der Waals surface area contributed by atoms with Crippen LogP contribution in [-0.2, 0) is 4.79 Å². The van der Waals surface area contributed by atoms with E-state index in [1.807, 2.05) is 20.8 Å². The van der Waals surface area contributed by atoms with E-state index in [4.69, 9.17) is 0 Å². The van der Waals surface area contributed by atoms with Crippen LogP contribution in [0.2, 0.25) is 0 Å². The van der Waals surface area contributed by atoms with E-state index >= 15 is 0 Å². The second-order valence-corrected chi connectivity index (χ2v) is 5.01. The Balaban J connectivity index is 2.17. The Kier molecular flexibility index (Phi) is 5.77. The van der Waals surface area contributed by atoms with Crippen molar-refractivity contribution in [3.63, 3.8) is 0 Å². The Bertz CT molecular complexity index is 212. The summed E-state index contributed by atoms with van der Waals surface area (Å²) in [5.41, 5.74) is 0. The van der Waals surface area contributed by atoms with E-state index in [-0.39, 0.29) is 18.0 Å². The van der Waals surface area contributed by atoms with Crippen molar-refractivity contribution >= 4 is 5.91 Å². The molecule has 2 atom stereocenters. The first-order valence-electron chi connectivity index (χ1n) is 6.34. The molecule has 0 aromatic rings. The lowest BCUT2D eigenvalue weighted by Gasteiger charge is -2.25. The number of hydrogen-bond acceptors (Lipinski definition) is 3. The molecule has 0 spiro atoms. The van der Waals surface area contributed by atoms with Crippen molar-refractivity contribution in [2.75, 3.05) is 19.6 Å². The molecule has 3 N–H and O–H groups in total. The molecule has 16 heavy (non-hydrogen) atoms. The van der Waals surface area contributed by atoms with E-state index in [0.717, 1.165) is 19.6 Å². The lowest BCUT2D eigenvalue weighted by molar-refractivity contribution is -0.123. The molecule has 1 aliphatic heterocycles. The summed E-state index contributed by atoms with van der Waals surface area (Å²) in [5.74, 6) is 0.766. The minimum Gasteiger partial charge on any atom is -0.353 e. The smallest absolute Gasteiger partial charge is 0.237 e. The maximum atomic E-state index is 11.6. The lowest BCUT2D eigenvalue weighted by atomic mass is 9.99. The van der Waals surface area contributed by atoms with Crippen molar-refractivity contribution < 1.29 is 4.79 Å². The van der Waals surface area contributed by atoms with Crippen LogP contribution in [0.15, 0.2) is 0 Å². The van der Waals surface area contributed by atoms with Gasteiger partial charge in [-0.3, -0.25) is 4.79 Å². The van der Waals surface area contributed by atoms with Gasteiger partial charge in [0.05, 0.1) is 6.04 Å². The first kappa shape index (κ1) is 13.5. The second kappa shape index (κ2) is 6.86. The van der Waals surface area contributed by atoms with Crippen LogP contribution in [0.4, 0.5) is 0 Å². The number of carbonyl (C=O) groups is 1. The summed E-state index contributed by atoms with van der Waals surface area (Å²) >= 11 is 0. The van der Waals surface area contributed by atoms with Gasteiger partial charge in [0.25, 0.3) is 0 Å². The van der Waals surface area contributed by atoms with Crippen LogP contribution < -0.4 is 16.0 Å². The molecule has 1 heterocycles. The van der Waals surface area contributed by atoms with E-state index in [1.54, 1.807) is 0 Å². The Labute approximate surface area is 98.6 Å². The van der Waals surface area contributed by atoms with E-state index in [2.05, 4.69) is 16.0 Å². The highest BCUT2D eigenvalue weighted by molar-refractivity contribution is 5.81. The quantitative estimate of drug-likeness (QED) is 0.641. The van der Waals surface area contributed by atoms with Crippen LogP contribution in [0, 0.1) is 5.92 Å². The summed E-state index contributed by atoms with van der Waals surface area (Å²) in [6.07, 6.45) is 2.51. The molecule has 0 bridgehead atoms. The van der Waals surface area contributed by atoms with Gasteiger partial charge in [-0.2, -0.15) is 0 Å². The fourth-order valence-electron chi connectivity index (χ4n) is 1.94. The van der Waals surface area contributed by atoms with E-state index in [1.165, 1.54) is 12.8 Å². The predicted octanol–water partition coefficient (Wildman–Crippen LogP) is 0.489. The van der Waals surface area contributed by atoms with Gasteiger partial charge >= 0.3 is 0 Å². The predicted molar refractivity (Wildman–Crippen MR) is 66.3 cm³/mol. The van der Waals surface area contributed by atoms with Crippen LogP contribution >= 0.6 is 0 Å². The fraction of sp³-hybridized carbons (Fsp3) is 0.917. The summed E-state index contributed by atoms with van der Waals surface area (Å²) in [4.78, 5) is 11.6. The van der Waals surface area contributed by atoms with E-state index < -0.39 is 0 Å². The van der Waals surface area contributed by atoms with Gasteiger partial charge in [0.15, 0.2) is 0 Å². The van der Waals surface area contributed by atoms with E-state index in [9.17, 15) is 4.79 Å². The molecule has 4 heteroatoms. The van der Waals surface area contributed by atoms with E-state index in [0.29, 0.717) is 5.92 Å².